The van der Waals surface area contributed by atoms with Gasteiger partial charge in [-0.2, -0.15) is 0 Å². The number of hydrogen-bond donors (Lipinski definition) is 2. The quantitative estimate of drug-likeness (QED) is 0.501. The fourth-order valence-corrected chi connectivity index (χ4v) is 3.43. The maximum atomic E-state index is 12.6. The van der Waals surface area contributed by atoms with E-state index in [1.54, 1.807) is 36.4 Å². The van der Waals surface area contributed by atoms with Gasteiger partial charge in [-0.1, -0.05) is 18.2 Å². The minimum atomic E-state index is -0.327. The van der Waals surface area contributed by atoms with Crippen LogP contribution >= 0.6 is 0 Å². The number of benzene rings is 2. The van der Waals surface area contributed by atoms with Crippen LogP contribution in [0.3, 0.4) is 0 Å². The first-order chi connectivity index (χ1) is 14.5. The minimum absolute atomic E-state index is 0.120. The normalized spacial score (nSPS) is 10.7. The Labute approximate surface area is 173 Å². The Morgan fingerprint density at radius 1 is 0.900 bits per heavy atom. The van der Waals surface area contributed by atoms with E-state index in [1.807, 2.05) is 38.1 Å². The number of aromatic nitrogens is 1. The molecule has 0 unspecified atom stereocenters. The number of anilines is 2. The fourth-order valence-electron chi connectivity index (χ4n) is 3.43. The standard InChI is InChI=1S/C24H21N3O3/c1-15-19-6-3-4-7-21(19)25-16(2)20(15)14-23(28)26-17-9-11-18(12-10-17)27-24(29)22-8-5-13-30-22/h3-13H,14H2,1-2H3,(H,26,28)(H,27,29). The van der Waals surface area contributed by atoms with Gasteiger partial charge in [-0.25, -0.2) is 0 Å². The number of furan rings is 1. The van der Waals surface area contributed by atoms with Crippen molar-refractivity contribution in [3.05, 3.63) is 89.5 Å². The molecule has 6 heteroatoms. The van der Waals surface area contributed by atoms with Crippen LogP contribution in [0, 0.1) is 13.8 Å². The molecular weight excluding hydrogens is 378 g/mol. The second kappa shape index (κ2) is 8.21. The molecule has 0 fully saturated rings. The first-order valence-corrected chi connectivity index (χ1v) is 9.61. The van der Waals surface area contributed by atoms with Crippen molar-refractivity contribution < 1.29 is 14.0 Å². The van der Waals surface area contributed by atoms with E-state index in [1.165, 1.54) is 6.26 Å². The molecule has 6 nitrogen and oxygen atoms in total. The van der Waals surface area contributed by atoms with E-state index in [4.69, 9.17) is 4.42 Å². The van der Waals surface area contributed by atoms with Crippen LogP contribution in [0.1, 0.15) is 27.4 Å². The molecule has 0 saturated carbocycles. The molecule has 30 heavy (non-hydrogen) atoms. The van der Waals surface area contributed by atoms with E-state index >= 15 is 0 Å². The predicted molar refractivity (Wildman–Crippen MR) is 117 cm³/mol. The molecule has 0 aliphatic heterocycles. The van der Waals surface area contributed by atoms with E-state index in [9.17, 15) is 9.59 Å². The van der Waals surface area contributed by atoms with Gasteiger partial charge in [0.25, 0.3) is 5.91 Å². The second-order valence-corrected chi connectivity index (χ2v) is 7.05. The zero-order chi connectivity index (χ0) is 21.1. The molecule has 0 aliphatic rings. The minimum Gasteiger partial charge on any atom is -0.459 e. The van der Waals surface area contributed by atoms with Crippen molar-refractivity contribution in [1.29, 1.82) is 0 Å². The van der Waals surface area contributed by atoms with Gasteiger partial charge in [-0.3, -0.25) is 14.6 Å². The van der Waals surface area contributed by atoms with Gasteiger partial charge in [0, 0.05) is 22.5 Å². The van der Waals surface area contributed by atoms with Gasteiger partial charge in [0.05, 0.1) is 18.2 Å². The summed E-state index contributed by atoms with van der Waals surface area (Å²) in [6.07, 6.45) is 1.69. The number of nitrogens with zero attached hydrogens (tertiary/aromatic N) is 1. The van der Waals surface area contributed by atoms with Crippen LogP contribution in [-0.4, -0.2) is 16.8 Å². The number of aryl methyl sites for hydroxylation is 2. The molecule has 4 rings (SSSR count). The lowest BCUT2D eigenvalue weighted by atomic mass is 9.99. The Morgan fingerprint density at radius 2 is 1.60 bits per heavy atom. The smallest absolute Gasteiger partial charge is 0.291 e. The van der Waals surface area contributed by atoms with Gasteiger partial charge in [0.15, 0.2) is 5.76 Å². The molecule has 0 saturated heterocycles. The zero-order valence-electron chi connectivity index (χ0n) is 16.7. The summed E-state index contributed by atoms with van der Waals surface area (Å²) in [7, 11) is 0. The first-order valence-electron chi connectivity index (χ1n) is 9.61. The number of pyridine rings is 1. The van der Waals surface area contributed by atoms with E-state index in [-0.39, 0.29) is 24.0 Å². The highest BCUT2D eigenvalue weighted by atomic mass is 16.3. The number of para-hydroxylation sites is 1. The number of nitrogens with one attached hydrogen (secondary N) is 2. The zero-order valence-corrected chi connectivity index (χ0v) is 16.7. The molecule has 2 aromatic carbocycles. The SMILES string of the molecule is Cc1nc2ccccc2c(C)c1CC(=O)Nc1ccc(NC(=O)c2ccco2)cc1. The third-order valence-corrected chi connectivity index (χ3v) is 4.99. The third kappa shape index (κ3) is 4.07. The summed E-state index contributed by atoms with van der Waals surface area (Å²) < 4.78 is 5.07. The summed E-state index contributed by atoms with van der Waals surface area (Å²) in [5.41, 5.74) is 5.07. The van der Waals surface area contributed by atoms with E-state index < -0.39 is 0 Å². The Hall–Kier alpha value is -3.93. The lowest BCUT2D eigenvalue weighted by Crippen LogP contribution is -2.16. The number of fused-ring (bicyclic) bond motifs is 1. The van der Waals surface area contributed by atoms with Crippen LogP contribution in [0.15, 0.2) is 71.3 Å². The van der Waals surface area contributed by atoms with Gasteiger partial charge in [0.2, 0.25) is 5.91 Å². The fraction of sp³-hybridized carbons (Fsp3) is 0.125. The molecule has 0 aliphatic carbocycles. The average Bonchev–Trinajstić information content (AvgIpc) is 3.28. The van der Waals surface area contributed by atoms with Gasteiger partial charge < -0.3 is 15.1 Å². The Morgan fingerprint density at radius 3 is 2.30 bits per heavy atom. The molecule has 0 atom stereocenters. The highest BCUT2D eigenvalue weighted by molar-refractivity contribution is 6.02. The largest absolute Gasteiger partial charge is 0.459 e. The Balaban J connectivity index is 1.43. The maximum Gasteiger partial charge on any atom is 0.291 e. The van der Waals surface area contributed by atoms with Crippen molar-refractivity contribution in [3.8, 4) is 0 Å². The van der Waals surface area contributed by atoms with Crippen molar-refractivity contribution >= 4 is 34.1 Å². The summed E-state index contributed by atoms with van der Waals surface area (Å²) in [6, 6.07) is 18.1. The third-order valence-electron chi connectivity index (χ3n) is 4.99. The van der Waals surface area contributed by atoms with E-state index in [0.717, 1.165) is 27.7 Å². The summed E-state index contributed by atoms with van der Waals surface area (Å²) in [4.78, 5) is 29.3. The van der Waals surface area contributed by atoms with Crippen LogP contribution in [0.5, 0.6) is 0 Å². The van der Waals surface area contributed by atoms with E-state index in [2.05, 4.69) is 15.6 Å². The lowest BCUT2D eigenvalue weighted by molar-refractivity contribution is -0.115. The van der Waals surface area contributed by atoms with Crippen molar-refractivity contribution in [1.82, 2.24) is 4.98 Å². The molecule has 0 radical (unpaired) electrons. The summed E-state index contributed by atoms with van der Waals surface area (Å²) >= 11 is 0. The number of amides is 2. The first kappa shape index (κ1) is 19.4. The van der Waals surface area contributed by atoms with Crippen LogP contribution in [0.25, 0.3) is 10.9 Å². The van der Waals surface area contributed by atoms with Crippen molar-refractivity contribution in [2.45, 2.75) is 20.3 Å². The number of carbonyl (C=O) groups excluding carboxylic acids is 2. The second-order valence-electron chi connectivity index (χ2n) is 7.05. The predicted octanol–water partition coefficient (Wildman–Crippen LogP) is 4.88. The molecule has 150 valence electrons. The highest BCUT2D eigenvalue weighted by Gasteiger charge is 2.13. The van der Waals surface area contributed by atoms with Gasteiger partial charge in [-0.05, 0) is 67.4 Å². The van der Waals surface area contributed by atoms with Gasteiger partial charge in [0.1, 0.15) is 0 Å². The molecule has 2 heterocycles. The molecule has 0 bridgehead atoms. The molecule has 2 aromatic heterocycles. The molecule has 2 amide bonds. The molecule has 4 aromatic rings. The van der Waals surface area contributed by atoms with Crippen LogP contribution in [0.2, 0.25) is 0 Å². The van der Waals surface area contributed by atoms with E-state index in [0.29, 0.717) is 11.4 Å². The number of rotatable bonds is 5. The lowest BCUT2D eigenvalue weighted by Gasteiger charge is -2.13. The summed E-state index contributed by atoms with van der Waals surface area (Å²) in [5.74, 6) is -0.209. The van der Waals surface area contributed by atoms with Crippen LogP contribution in [0.4, 0.5) is 11.4 Å². The van der Waals surface area contributed by atoms with Crippen molar-refractivity contribution in [2.24, 2.45) is 0 Å². The molecular formula is C24H21N3O3. The van der Waals surface area contributed by atoms with Crippen LogP contribution < -0.4 is 10.6 Å². The maximum absolute atomic E-state index is 12.6. The summed E-state index contributed by atoms with van der Waals surface area (Å²) in [6.45, 7) is 3.95. The highest BCUT2D eigenvalue weighted by Crippen LogP contribution is 2.23. The molecule has 2 N–H and O–H groups in total. The van der Waals surface area contributed by atoms with Gasteiger partial charge in [-0.15, -0.1) is 0 Å². The topological polar surface area (TPSA) is 84.2 Å². The van der Waals surface area contributed by atoms with Crippen molar-refractivity contribution in [3.63, 3.8) is 0 Å². The van der Waals surface area contributed by atoms with Crippen molar-refractivity contribution in [2.75, 3.05) is 10.6 Å². The van der Waals surface area contributed by atoms with Gasteiger partial charge >= 0.3 is 0 Å². The summed E-state index contributed by atoms with van der Waals surface area (Å²) in [5, 5.41) is 6.70. The average molecular weight is 399 g/mol. The molecule has 0 spiro atoms. The monoisotopic (exact) mass is 399 g/mol. The Bertz CT molecular complexity index is 1210. The number of hydrogen-bond acceptors (Lipinski definition) is 4. The Kier molecular flexibility index (Phi) is 5.30. The number of carbonyl (C=O) groups is 2. The van der Waals surface area contributed by atoms with Crippen LogP contribution in [-0.2, 0) is 11.2 Å².